The van der Waals surface area contributed by atoms with Gasteiger partial charge in [-0.25, -0.2) is 0 Å². The molecule has 0 bridgehead atoms. The van der Waals surface area contributed by atoms with Gasteiger partial charge in [-0.15, -0.1) is 0 Å². The number of carbonyl (C=O) groups excluding carboxylic acids is 1. The largest absolute Gasteiger partial charge is 0.352 e. The van der Waals surface area contributed by atoms with Gasteiger partial charge in [0.05, 0.1) is 5.52 Å². The molecule has 0 aliphatic carbocycles. The van der Waals surface area contributed by atoms with Crippen molar-refractivity contribution in [1.82, 2.24) is 20.1 Å². The van der Waals surface area contributed by atoms with Crippen LogP contribution in [0.15, 0.2) is 54.7 Å². The molecule has 1 aliphatic rings. The highest BCUT2D eigenvalue weighted by Gasteiger charge is 2.13. The average molecular weight is 403 g/mol. The Hall–Kier alpha value is -2.76. The monoisotopic (exact) mass is 402 g/mol. The van der Waals surface area contributed by atoms with Gasteiger partial charge in [-0.2, -0.15) is 0 Å². The SMILES string of the molecule is Cc1cc(-c2cccc(C(=O)NCCCN3CCN(C)CC3)c2)cc2cccnc12. The molecule has 1 N–H and O–H groups in total. The first-order valence-corrected chi connectivity index (χ1v) is 10.7. The fraction of sp³-hybridized carbons (Fsp3) is 0.360. The number of piperazine rings is 1. The number of aryl methyl sites for hydroxylation is 1. The summed E-state index contributed by atoms with van der Waals surface area (Å²) >= 11 is 0. The van der Waals surface area contributed by atoms with E-state index in [4.69, 9.17) is 0 Å². The Balaban J connectivity index is 1.38. The molecule has 30 heavy (non-hydrogen) atoms. The van der Waals surface area contributed by atoms with E-state index >= 15 is 0 Å². The lowest BCUT2D eigenvalue weighted by atomic mass is 9.98. The molecule has 1 saturated heterocycles. The summed E-state index contributed by atoms with van der Waals surface area (Å²) in [6.45, 7) is 8.32. The zero-order chi connectivity index (χ0) is 20.9. The van der Waals surface area contributed by atoms with Gasteiger partial charge in [0.15, 0.2) is 0 Å². The maximum atomic E-state index is 12.7. The van der Waals surface area contributed by atoms with Crippen LogP contribution in [0, 0.1) is 6.92 Å². The molecule has 1 aliphatic heterocycles. The Morgan fingerprint density at radius 3 is 2.70 bits per heavy atom. The van der Waals surface area contributed by atoms with Crippen LogP contribution in [-0.4, -0.2) is 67.0 Å². The van der Waals surface area contributed by atoms with Gasteiger partial charge in [0, 0.05) is 49.9 Å². The predicted octanol–water partition coefficient (Wildman–Crippen LogP) is 3.58. The summed E-state index contributed by atoms with van der Waals surface area (Å²) < 4.78 is 0. The summed E-state index contributed by atoms with van der Waals surface area (Å²) in [7, 11) is 2.17. The number of fused-ring (bicyclic) bond motifs is 1. The first kappa shape index (κ1) is 20.5. The molecule has 3 aromatic rings. The summed E-state index contributed by atoms with van der Waals surface area (Å²) in [4.78, 5) is 22.0. The van der Waals surface area contributed by atoms with E-state index in [2.05, 4.69) is 58.3 Å². The Morgan fingerprint density at radius 2 is 1.87 bits per heavy atom. The highest BCUT2D eigenvalue weighted by Crippen LogP contribution is 2.27. The number of nitrogens with zero attached hydrogens (tertiary/aromatic N) is 3. The van der Waals surface area contributed by atoms with E-state index in [1.54, 1.807) is 0 Å². The number of nitrogens with one attached hydrogen (secondary N) is 1. The molecule has 1 aromatic heterocycles. The van der Waals surface area contributed by atoms with E-state index in [1.165, 1.54) is 0 Å². The van der Waals surface area contributed by atoms with E-state index in [1.807, 2.05) is 30.5 Å². The lowest BCUT2D eigenvalue weighted by Crippen LogP contribution is -2.45. The van der Waals surface area contributed by atoms with Gasteiger partial charge >= 0.3 is 0 Å². The number of aromatic nitrogens is 1. The lowest BCUT2D eigenvalue weighted by molar-refractivity contribution is 0.0949. The van der Waals surface area contributed by atoms with Crippen molar-refractivity contribution in [1.29, 1.82) is 0 Å². The number of amides is 1. The molecule has 0 radical (unpaired) electrons. The quantitative estimate of drug-likeness (QED) is 0.641. The van der Waals surface area contributed by atoms with Gasteiger partial charge in [-0.1, -0.05) is 18.2 Å². The van der Waals surface area contributed by atoms with Crippen LogP contribution in [0.5, 0.6) is 0 Å². The molecule has 5 heteroatoms. The van der Waals surface area contributed by atoms with Gasteiger partial charge in [-0.05, 0) is 74.0 Å². The molecule has 2 heterocycles. The van der Waals surface area contributed by atoms with Gasteiger partial charge in [-0.3, -0.25) is 9.78 Å². The van der Waals surface area contributed by atoms with Crippen molar-refractivity contribution in [2.45, 2.75) is 13.3 Å². The average Bonchev–Trinajstić information content (AvgIpc) is 2.78. The second-order valence-electron chi connectivity index (χ2n) is 8.20. The number of hydrogen-bond acceptors (Lipinski definition) is 4. The van der Waals surface area contributed by atoms with E-state index in [-0.39, 0.29) is 5.91 Å². The van der Waals surface area contributed by atoms with Crippen LogP contribution >= 0.6 is 0 Å². The number of likely N-dealkylation sites (N-methyl/N-ethyl adjacent to an activating group) is 1. The van der Waals surface area contributed by atoms with Crippen LogP contribution in [0.3, 0.4) is 0 Å². The summed E-state index contributed by atoms with van der Waals surface area (Å²) in [5.41, 5.74) is 5.03. The molecule has 156 valence electrons. The molecular weight excluding hydrogens is 372 g/mol. The molecule has 4 rings (SSSR count). The van der Waals surface area contributed by atoms with E-state index in [9.17, 15) is 4.79 Å². The molecule has 0 atom stereocenters. The van der Waals surface area contributed by atoms with Gasteiger partial charge < -0.3 is 15.1 Å². The third-order valence-corrected chi connectivity index (χ3v) is 5.89. The standard InChI is InChI=1S/C25H30N4O/c1-19-16-23(18-21-8-4-9-26-24(19)21)20-6-3-7-22(17-20)25(30)27-10-5-11-29-14-12-28(2)13-15-29/h3-4,6-9,16-18H,5,10-15H2,1-2H3,(H,27,30). The number of pyridine rings is 1. The Labute approximate surface area is 178 Å². The van der Waals surface area contributed by atoms with Crippen LogP contribution in [-0.2, 0) is 0 Å². The van der Waals surface area contributed by atoms with Crippen LogP contribution in [0.25, 0.3) is 22.0 Å². The van der Waals surface area contributed by atoms with Crippen molar-refractivity contribution in [2.24, 2.45) is 0 Å². The normalized spacial score (nSPS) is 15.4. The maximum Gasteiger partial charge on any atom is 0.251 e. The van der Waals surface area contributed by atoms with Gasteiger partial charge in [0.25, 0.3) is 5.91 Å². The lowest BCUT2D eigenvalue weighted by Gasteiger charge is -2.32. The highest BCUT2D eigenvalue weighted by molar-refractivity contribution is 5.96. The van der Waals surface area contributed by atoms with E-state index in [0.29, 0.717) is 12.1 Å². The first-order valence-electron chi connectivity index (χ1n) is 10.7. The minimum absolute atomic E-state index is 0.00518. The Morgan fingerprint density at radius 1 is 1.03 bits per heavy atom. The first-order chi connectivity index (χ1) is 14.6. The molecule has 0 spiro atoms. The molecule has 0 unspecified atom stereocenters. The number of rotatable bonds is 6. The highest BCUT2D eigenvalue weighted by atomic mass is 16.1. The van der Waals surface area contributed by atoms with Crippen LogP contribution < -0.4 is 5.32 Å². The maximum absolute atomic E-state index is 12.7. The van der Waals surface area contributed by atoms with Crippen LogP contribution in [0.4, 0.5) is 0 Å². The van der Waals surface area contributed by atoms with Crippen molar-refractivity contribution < 1.29 is 4.79 Å². The number of carbonyl (C=O) groups is 1. The van der Waals surface area contributed by atoms with Crippen molar-refractivity contribution in [3.8, 4) is 11.1 Å². The van der Waals surface area contributed by atoms with Gasteiger partial charge in [0.2, 0.25) is 0 Å². The molecule has 5 nitrogen and oxygen atoms in total. The second-order valence-corrected chi connectivity index (χ2v) is 8.20. The summed E-state index contributed by atoms with van der Waals surface area (Å²) in [5, 5.41) is 4.20. The third-order valence-electron chi connectivity index (χ3n) is 5.89. The van der Waals surface area contributed by atoms with Crippen molar-refractivity contribution in [2.75, 3.05) is 46.3 Å². The zero-order valence-corrected chi connectivity index (χ0v) is 17.9. The smallest absolute Gasteiger partial charge is 0.251 e. The minimum atomic E-state index is -0.00518. The molecule has 2 aromatic carbocycles. The van der Waals surface area contributed by atoms with E-state index < -0.39 is 0 Å². The van der Waals surface area contributed by atoms with Crippen molar-refractivity contribution >= 4 is 16.8 Å². The van der Waals surface area contributed by atoms with Crippen molar-refractivity contribution in [3.63, 3.8) is 0 Å². The Kier molecular flexibility index (Phi) is 6.41. The van der Waals surface area contributed by atoms with Gasteiger partial charge in [0.1, 0.15) is 0 Å². The minimum Gasteiger partial charge on any atom is -0.352 e. The third kappa shape index (κ3) is 4.86. The van der Waals surface area contributed by atoms with Crippen molar-refractivity contribution in [3.05, 3.63) is 65.9 Å². The number of benzene rings is 2. The summed E-state index contributed by atoms with van der Waals surface area (Å²) in [6, 6.07) is 16.2. The zero-order valence-electron chi connectivity index (χ0n) is 17.9. The second kappa shape index (κ2) is 9.37. The number of hydrogen-bond donors (Lipinski definition) is 1. The fourth-order valence-corrected chi connectivity index (χ4v) is 4.06. The topological polar surface area (TPSA) is 48.5 Å². The molecular formula is C25H30N4O. The summed E-state index contributed by atoms with van der Waals surface area (Å²) in [5.74, 6) is -0.00518. The molecule has 1 fully saturated rings. The molecule has 0 saturated carbocycles. The van der Waals surface area contributed by atoms with Crippen LogP contribution in [0.2, 0.25) is 0 Å². The predicted molar refractivity (Wildman–Crippen MR) is 123 cm³/mol. The summed E-state index contributed by atoms with van der Waals surface area (Å²) in [6.07, 6.45) is 2.80. The van der Waals surface area contributed by atoms with Crippen LogP contribution in [0.1, 0.15) is 22.3 Å². The Bertz CT molecular complexity index is 1020. The molecule has 1 amide bonds. The fourth-order valence-electron chi connectivity index (χ4n) is 4.06. The van der Waals surface area contributed by atoms with E-state index in [0.717, 1.165) is 66.7 Å².